The minimum Gasteiger partial charge on any atom is -0.504 e. The van der Waals surface area contributed by atoms with E-state index >= 15 is 0 Å². The van der Waals surface area contributed by atoms with E-state index in [0.717, 1.165) is 16.5 Å². The highest BCUT2D eigenvalue weighted by Crippen LogP contribution is 2.30. The molecule has 0 aliphatic carbocycles. The third kappa shape index (κ3) is 1.99. The molecular formula is C13H10N4O2. The Bertz CT molecular complexity index is 774. The fourth-order valence-corrected chi connectivity index (χ4v) is 1.80. The molecule has 0 aliphatic heterocycles. The van der Waals surface area contributed by atoms with Crippen LogP contribution in [0.1, 0.15) is 0 Å². The number of aromatic nitrogens is 3. The Hall–Kier alpha value is -2.89. The Labute approximate surface area is 108 Å². The lowest BCUT2D eigenvalue weighted by Gasteiger charge is -2.05. The van der Waals surface area contributed by atoms with Gasteiger partial charge in [-0.3, -0.25) is 0 Å². The molecule has 19 heavy (non-hydrogen) atoms. The van der Waals surface area contributed by atoms with Crippen molar-refractivity contribution in [2.45, 2.75) is 0 Å². The van der Waals surface area contributed by atoms with E-state index in [4.69, 9.17) is 5.73 Å². The molecule has 0 amide bonds. The highest BCUT2D eigenvalue weighted by atomic mass is 16.3. The van der Waals surface area contributed by atoms with Gasteiger partial charge in [-0.2, -0.15) is 4.98 Å². The molecule has 3 rings (SSSR count). The largest absolute Gasteiger partial charge is 0.504 e. The van der Waals surface area contributed by atoms with Crippen molar-refractivity contribution in [2.24, 2.45) is 0 Å². The molecular weight excluding hydrogens is 244 g/mol. The minimum absolute atomic E-state index is 0.159. The molecule has 3 aromatic rings. The molecule has 0 bridgehead atoms. The van der Waals surface area contributed by atoms with Gasteiger partial charge in [0.1, 0.15) is 0 Å². The predicted molar refractivity (Wildman–Crippen MR) is 70.5 cm³/mol. The van der Waals surface area contributed by atoms with E-state index in [1.807, 2.05) is 6.07 Å². The van der Waals surface area contributed by atoms with Crippen molar-refractivity contribution >= 4 is 17.0 Å². The molecule has 0 atom stereocenters. The Balaban J connectivity index is 2.14. The summed E-state index contributed by atoms with van der Waals surface area (Å²) in [6, 6.07) is 6.42. The summed E-state index contributed by atoms with van der Waals surface area (Å²) in [4.78, 5) is 12.1. The van der Waals surface area contributed by atoms with Crippen molar-refractivity contribution in [3.8, 4) is 22.6 Å². The second-order valence-corrected chi connectivity index (χ2v) is 4.07. The SMILES string of the molecule is Nc1ncc2cc(-c3ccc(O)c(O)c3)cnc2n1. The molecule has 0 radical (unpaired) electrons. The summed E-state index contributed by atoms with van der Waals surface area (Å²) in [5.74, 6) is -0.158. The Morgan fingerprint density at radius 3 is 2.53 bits per heavy atom. The monoisotopic (exact) mass is 254 g/mol. The van der Waals surface area contributed by atoms with Gasteiger partial charge in [0.25, 0.3) is 0 Å². The lowest BCUT2D eigenvalue weighted by Crippen LogP contribution is -1.95. The van der Waals surface area contributed by atoms with Crippen LogP contribution >= 0.6 is 0 Å². The maximum Gasteiger partial charge on any atom is 0.222 e. The standard InChI is InChI=1S/C13H10N4O2/c14-13-16-6-9-3-8(5-15-12(9)17-13)7-1-2-10(18)11(19)4-7/h1-6,18-19H,(H2,14,15,16,17). The van der Waals surface area contributed by atoms with E-state index in [1.165, 1.54) is 12.1 Å². The molecule has 4 N–H and O–H groups in total. The van der Waals surface area contributed by atoms with Gasteiger partial charge in [0.05, 0.1) is 0 Å². The van der Waals surface area contributed by atoms with Gasteiger partial charge in [0.15, 0.2) is 17.1 Å². The minimum atomic E-state index is -0.175. The topological polar surface area (TPSA) is 105 Å². The number of hydrogen-bond donors (Lipinski definition) is 3. The van der Waals surface area contributed by atoms with Gasteiger partial charge in [-0.05, 0) is 23.8 Å². The zero-order valence-corrected chi connectivity index (χ0v) is 9.78. The number of phenols is 2. The van der Waals surface area contributed by atoms with E-state index in [9.17, 15) is 10.2 Å². The first kappa shape index (κ1) is 11.2. The molecule has 94 valence electrons. The van der Waals surface area contributed by atoms with Crippen molar-refractivity contribution in [3.05, 3.63) is 36.7 Å². The lowest BCUT2D eigenvalue weighted by molar-refractivity contribution is 0.404. The third-order valence-electron chi connectivity index (χ3n) is 2.76. The molecule has 0 saturated carbocycles. The molecule has 2 aromatic heterocycles. The normalized spacial score (nSPS) is 10.7. The maximum atomic E-state index is 9.50. The predicted octanol–water partition coefficient (Wildman–Crippen LogP) is 1.69. The van der Waals surface area contributed by atoms with Crippen LogP contribution in [0, 0.1) is 0 Å². The number of nitrogens with two attached hydrogens (primary N) is 1. The Morgan fingerprint density at radius 1 is 0.895 bits per heavy atom. The smallest absolute Gasteiger partial charge is 0.222 e. The van der Waals surface area contributed by atoms with Crippen molar-refractivity contribution in [2.75, 3.05) is 5.73 Å². The van der Waals surface area contributed by atoms with Crippen LogP contribution in [0.5, 0.6) is 11.5 Å². The van der Waals surface area contributed by atoms with Gasteiger partial charge < -0.3 is 15.9 Å². The van der Waals surface area contributed by atoms with E-state index in [-0.39, 0.29) is 17.4 Å². The van der Waals surface area contributed by atoms with Gasteiger partial charge in [-0.15, -0.1) is 0 Å². The summed E-state index contributed by atoms with van der Waals surface area (Å²) in [5, 5.41) is 19.5. The average molecular weight is 254 g/mol. The fourth-order valence-electron chi connectivity index (χ4n) is 1.80. The molecule has 2 heterocycles. The second kappa shape index (κ2) is 4.09. The van der Waals surface area contributed by atoms with Gasteiger partial charge in [-0.1, -0.05) is 6.07 Å². The Morgan fingerprint density at radius 2 is 1.74 bits per heavy atom. The number of nitrogen functional groups attached to an aromatic ring is 1. The molecule has 0 saturated heterocycles. The van der Waals surface area contributed by atoms with Crippen LogP contribution < -0.4 is 5.73 Å². The van der Waals surface area contributed by atoms with E-state index in [1.54, 1.807) is 18.5 Å². The first-order valence-electron chi connectivity index (χ1n) is 5.54. The summed E-state index contributed by atoms with van der Waals surface area (Å²) in [5.41, 5.74) is 7.53. The number of benzene rings is 1. The van der Waals surface area contributed by atoms with Crippen molar-refractivity contribution < 1.29 is 10.2 Å². The molecule has 0 spiro atoms. The number of nitrogens with zero attached hydrogens (tertiary/aromatic N) is 3. The summed E-state index contributed by atoms with van der Waals surface area (Å²) in [7, 11) is 0. The quantitative estimate of drug-likeness (QED) is 0.570. The van der Waals surface area contributed by atoms with Crippen molar-refractivity contribution in [3.63, 3.8) is 0 Å². The number of fused-ring (bicyclic) bond motifs is 1. The van der Waals surface area contributed by atoms with Gasteiger partial charge >= 0.3 is 0 Å². The number of anilines is 1. The van der Waals surface area contributed by atoms with Crippen LogP contribution in [0.15, 0.2) is 36.7 Å². The second-order valence-electron chi connectivity index (χ2n) is 4.07. The molecule has 0 unspecified atom stereocenters. The van der Waals surface area contributed by atoms with Crippen LogP contribution in [-0.4, -0.2) is 25.2 Å². The van der Waals surface area contributed by atoms with E-state index in [0.29, 0.717) is 5.65 Å². The van der Waals surface area contributed by atoms with Crippen LogP contribution in [0.25, 0.3) is 22.2 Å². The van der Waals surface area contributed by atoms with Crippen LogP contribution in [0.3, 0.4) is 0 Å². The summed E-state index contributed by atoms with van der Waals surface area (Å²) >= 11 is 0. The lowest BCUT2D eigenvalue weighted by atomic mass is 10.1. The Kier molecular flexibility index (Phi) is 2.42. The van der Waals surface area contributed by atoms with Gasteiger partial charge in [0, 0.05) is 23.3 Å². The number of hydrogen-bond acceptors (Lipinski definition) is 6. The maximum absolute atomic E-state index is 9.50. The fraction of sp³-hybridized carbons (Fsp3) is 0. The van der Waals surface area contributed by atoms with Crippen LogP contribution in [0.2, 0.25) is 0 Å². The molecule has 0 aliphatic rings. The molecule has 6 heteroatoms. The summed E-state index contributed by atoms with van der Waals surface area (Å²) in [6.07, 6.45) is 3.22. The van der Waals surface area contributed by atoms with Crippen LogP contribution in [0.4, 0.5) is 5.95 Å². The third-order valence-corrected chi connectivity index (χ3v) is 2.76. The van der Waals surface area contributed by atoms with Gasteiger partial charge in [-0.25, -0.2) is 9.97 Å². The zero-order chi connectivity index (χ0) is 13.4. The van der Waals surface area contributed by atoms with E-state index < -0.39 is 0 Å². The zero-order valence-electron chi connectivity index (χ0n) is 9.78. The van der Waals surface area contributed by atoms with E-state index in [2.05, 4.69) is 15.0 Å². The molecule has 0 fully saturated rings. The van der Waals surface area contributed by atoms with Crippen LogP contribution in [-0.2, 0) is 0 Å². The van der Waals surface area contributed by atoms with Crippen molar-refractivity contribution in [1.29, 1.82) is 0 Å². The summed E-state index contributed by atoms with van der Waals surface area (Å²) < 4.78 is 0. The highest BCUT2D eigenvalue weighted by Gasteiger charge is 2.06. The number of pyridine rings is 1. The average Bonchev–Trinajstić information content (AvgIpc) is 2.41. The molecule has 1 aromatic carbocycles. The summed E-state index contributed by atoms with van der Waals surface area (Å²) in [6.45, 7) is 0. The highest BCUT2D eigenvalue weighted by molar-refractivity contribution is 5.81. The first-order valence-corrected chi connectivity index (χ1v) is 5.54. The van der Waals surface area contributed by atoms with Crippen molar-refractivity contribution in [1.82, 2.24) is 15.0 Å². The molecule has 6 nitrogen and oxygen atoms in total. The number of rotatable bonds is 1. The first-order chi connectivity index (χ1) is 9.13. The van der Waals surface area contributed by atoms with Gasteiger partial charge in [0.2, 0.25) is 5.95 Å². The number of aromatic hydroxyl groups is 2. The number of phenolic OH excluding ortho intramolecular Hbond substituents is 2.